The number of hydrogen-bond acceptors (Lipinski definition) is 6. The van der Waals surface area contributed by atoms with Crippen molar-refractivity contribution in [1.82, 2.24) is 15.0 Å². The summed E-state index contributed by atoms with van der Waals surface area (Å²) in [5.74, 6) is 1.52. The largest absolute Gasteiger partial charge is 0.497 e. The number of methoxy groups -OCH3 is 1. The molecule has 1 atom stereocenters. The number of rotatable bonds is 2. The molecule has 0 fully saturated rings. The molecule has 0 saturated heterocycles. The number of hydrogen-bond donors (Lipinski definition) is 2. The zero-order valence-electron chi connectivity index (χ0n) is 15.0. The molecule has 28 heavy (non-hydrogen) atoms. The van der Waals surface area contributed by atoms with Crippen LogP contribution in [-0.4, -0.2) is 22.1 Å². The summed E-state index contributed by atoms with van der Waals surface area (Å²) in [4.78, 5) is 23.0. The summed E-state index contributed by atoms with van der Waals surface area (Å²) in [7, 11) is 1.62. The van der Waals surface area contributed by atoms with E-state index in [1.807, 2.05) is 48.5 Å². The number of nitrogens with zero attached hydrogens (tertiary/aromatic N) is 2. The Labute approximate surface area is 159 Å². The molecule has 3 N–H and O–H groups in total. The van der Waals surface area contributed by atoms with Gasteiger partial charge in [0.05, 0.1) is 12.7 Å². The van der Waals surface area contributed by atoms with Gasteiger partial charge in [-0.05, 0) is 23.8 Å². The van der Waals surface area contributed by atoms with Crippen LogP contribution >= 0.6 is 0 Å². The van der Waals surface area contributed by atoms with Crippen LogP contribution in [0.15, 0.2) is 59.5 Å². The van der Waals surface area contributed by atoms with Crippen molar-refractivity contribution < 1.29 is 9.47 Å². The maximum absolute atomic E-state index is 11.9. The van der Waals surface area contributed by atoms with E-state index in [0.717, 1.165) is 22.3 Å². The molecule has 2 aromatic heterocycles. The van der Waals surface area contributed by atoms with Crippen molar-refractivity contribution in [3.63, 3.8) is 0 Å². The number of fused-ring (bicyclic) bond motifs is 4. The van der Waals surface area contributed by atoms with Gasteiger partial charge in [0.1, 0.15) is 17.1 Å². The number of benzene rings is 2. The minimum Gasteiger partial charge on any atom is -0.497 e. The van der Waals surface area contributed by atoms with Crippen LogP contribution in [0.25, 0.3) is 10.9 Å². The molecule has 0 bridgehead atoms. The van der Waals surface area contributed by atoms with Gasteiger partial charge in [-0.3, -0.25) is 9.97 Å². The van der Waals surface area contributed by atoms with Crippen molar-refractivity contribution in [3.8, 4) is 17.4 Å². The number of H-pyrrole nitrogens is 1. The molecule has 1 aliphatic rings. The number of nitrogens with one attached hydrogen (secondary N) is 1. The van der Waals surface area contributed by atoms with E-state index in [-0.39, 0.29) is 17.6 Å². The van der Waals surface area contributed by atoms with E-state index in [2.05, 4.69) is 15.0 Å². The zero-order valence-corrected chi connectivity index (χ0v) is 15.0. The van der Waals surface area contributed by atoms with E-state index in [1.54, 1.807) is 13.3 Å². The third kappa shape index (κ3) is 2.40. The molecule has 0 aliphatic carbocycles. The van der Waals surface area contributed by atoms with Crippen LogP contribution in [0, 0.1) is 0 Å². The van der Waals surface area contributed by atoms with E-state index >= 15 is 0 Å². The molecule has 138 valence electrons. The molecule has 0 radical (unpaired) electrons. The predicted octanol–water partition coefficient (Wildman–Crippen LogP) is 3.19. The third-order valence-electron chi connectivity index (χ3n) is 4.97. The summed E-state index contributed by atoms with van der Waals surface area (Å²) in [6.45, 7) is 0. The van der Waals surface area contributed by atoms with Gasteiger partial charge in [-0.15, -0.1) is 0 Å². The molecule has 7 nitrogen and oxygen atoms in total. The Bertz CT molecular complexity index is 1270. The Morgan fingerprint density at radius 2 is 1.96 bits per heavy atom. The van der Waals surface area contributed by atoms with Crippen molar-refractivity contribution >= 4 is 16.7 Å². The van der Waals surface area contributed by atoms with Crippen LogP contribution in [0.1, 0.15) is 22.6 Å². The Morgan fingerprint density at radius 3 is 2.75 bits per heavy atom. The fourth-order valence-electron chi connectivity index (χ4n) is 3.70. The maximum atomic E-state index is 11.9. The van der Waals surface area contributed by atoms with Crippen LogP contribution in [0.2, 0.25) is 0 Å². The summed E-state index contributed by atoms with van der Waals surface area (Å²) in [5.41, 5.74) is 8.85. The van der Waals surface area contributed by atoms with Gasteiger partial charge in [0.15, 0.2) is 5.75 Å². The van der Waals surface area contributed by atoms with Crippen LogP contribution in [0.5, 0.6) is 17.4 Å². The highest BCUT2D eigenvalue weighted by Crippen LogP contribution is 2.49. The predicted molar refractivity (Wildman–Crippen MR) is 105 cm³/mol. The lowest BCUT2D eigenvalue weighted by Crippen LogP contribution is -2.22. The molecule has 5 rings (SSSR count). The molecule has 4 aromatic rings. The van der Waals surface area contributed by atoms with Gasteiger partial charge in [0, 0.05) is 23.1 Å². The molecule has 3 heterocycles. The molecule has 1 aliphatic heterocycles. The van der Waals surface area contributed by atoms with Crippen LogP contribution in [0.3, 0.4) is 0 Å². The Morgan fingerprint density at radius 1 is 1.14 bits per heavy atom. The Hall–Kier alpha value is -3.87. The van der Waals surface area contributed by atoms with Crippen molar-refractivity contribution in [3.05, 3.63) is 81.9 Å². The number of aromatic amines is 1. The highest BCUT2D eigenvalue weighted by atomic mass is 16.5. The van der Waals surface area contributed by atoms with Crippen molar-refractivity contribution in [2.75, 3.05) is 12.8 Å². The van der Waals surface area contributed by atoms with Crippen molar-refractivity contribution in [2.45, 2.75) is 5.92 Å². The molecule has 0 saturated carbocycles. The minimum absolute atomic E-state index is 0.202. The lowest BCUT2D eigenvalue weighted by Gasteiger charge is -2.29. The van der Waals surface area contributed by atoms with E-state index < -0.39 is 5.69 Å². The first-order valence-corrected chi connectivity index (χ1v) is 8.75. The van der Waals surface area contributed by atoms with E-state index in [0.29, 0.717) is 16.8 Å². The van der Waals surface area contributed by atoms with Gasteiger partial charge in [0.2, 0.25) is 5.88 Å². The highest BCUT2D eigenvalue weighted by Gasteiger charge is 2.34. The molecule has 7 heteroatoms. The van der Waals surface area contributed by atoms with Gasteiger partial charge in [0.25, 0.3) is 0 Å². The van der Waals surface area contributed by atoms with Crippen LogP contribution in [0.4, 0.5) is 5.82 Å². The summed E-state index contributed by atoms with van der Waals surface area (Å²) < 4.78 is 11.3. The zero-order chi connectivity index (χ0) is 19.3. The number of pyridine rings is 1. The molecule has 0 spiro atoms. The Kier molecular flexibility index (Phi) is 3.55. The first-order valence-electron chi connectivity index (χ1n) is 8.75. The normalized spacial score (nSPS) is 14.8. The third-order valence-corrected chi connectivity index (χ3v) is 4.97. The summed E-state index contributed by atoms with van der Waals surface area (Å²) >= 11 is 0. The highest BCUT2D eigenvalue weighted by molar-refractivity contribution is 5.87. The van der Waals surface area contributed by atoms with Crippen LogP contribution in [-0.2, 0) is 0 Å². The summed E-state index contributed by atoms with van der Waals surface area (Å²) in [6.07, 6.45) is 1.71. The average Bonchev–Trinajstić information content (AvgIpc) is 2.72. The lowest BCUT2D eigenvalue weighted by molar-refractivity contribution is 0.414. The smallest absolute Gasteiger partial charge is 0.349 e. The topological polar surface area (TPSA) is 103 Å². The van der Waals surface area contributed by atoms with Crippen LogP contribution < -0.4 is 20.9 Å². The number of nitrogens with two attached hydrogens (primary N) is 1. The first kappa shape index (κ1) is 16.3. The monoisotopic (exact) mass is 372 g/mol. The fourth-order valence-corrected chi connectivity index (χ4v) is 3.70. The minimum atomic E-state index is -0.554. The standard InChI is InChI=1S/C21H16N4O3/c1-27-13-7-4-11(5-8-13)15-14-9-6-12-3-2-10-23-17(12)18(14)28-20-16(15)19(22)24-21(26)25-20/h2-10,15H,1H3,(H3,22,24,25,26). The fraction of sp³-hybridized carbons (Fsp3) is 0.0952. The number of aromatic nitrogens is 3. The van der Waals surface area contributed by atoms with E-state index in [1.165, 1.54) is 0 Å². The van der Waals surface area contributed by atoms with Crippen molar-refractivity contribution in [2.24, 2.45) is 0 Å². The van der Waals surface area contributed by atoms with E-state index in [9.17, 15) is 4.79 Å². The summed E-state index contributed by atoms with van der Waals surface area (Å²) in [5, 5.41) is 0.941. The average molecular weight is 372 g/mol. The number of anilines is 1. The summed E-state index contributed by atoms with van der Waals surface area (Å²) in [6, 6.07) is 15.5. The van der Waals surface area contributed by atoms with Gasteiger partial charge in [-0.25, -0.2) is 4.79 Å². The van der Waals surface area contributed by atoms with E-state index in [4.69, 9.17) is 15.2 Å². The lowest BCUT2D eigenvalue weighted by atomic mass is 9.83. The molecule has 2 aromatic carbocycles. The first-order chi connectivity index (χ1) is 13.7. The molecular weight excluding hydrogens is 356 g/mol. The number of ether oxygens (including phenoxy) is 2. The van der Waals surface area contributed by atoms with Gasteiger partial charge in [-0.2, -0.15) is 4.98 Å². The number of nitrogen functional groups attached to an aromatic ring is 1. The second-order valence-corrected chi connectivity index (χ2v) is 6.54. The molecular formula is C21H16N4O3. The van der Waals surface area contributed by atoms with Gasteiger partial charge in [-0.1, -0.05) is 30.3 Å². The second kappa shape index (κ2) is 6.09. The second-order valence-electron chi connectivity index (χ2n) is 6.54. The Balaban J connectivity index is 1.82. The maximum Gasteiger partial charge on any atom is 0.349 e. The molecule has 1 unspecified atom stereocenters. The van der Waals surface area contributed by atoms with Crippen molar-refractivity contribution in [1.29, 1.82) is 0 Å². The van der Waals surface area contributed by atoms with Gasteiger partial charge < -0.3 is 15.2 Å². The van der Waals surface area contributed by atoms with Gasteiger partial charge >= 0.3 is 5.69 Å². The molecule has 0 amide bonds. The SMILES string of the molecule is COc1ccc(C2c3ccc4cccnc4c3Oc3nc(=O)[nH]c(N)c32)cc1. The quantitative estimate of drug-likeness (QED) is 0.493.